The van der Waals surface area contributed by atoms with Crippen LogP contribution in [-0.4, -0.2) is 67.9 Å². The number of amides is 1. The van der Waals surface area contributed by atoms with Gasteiger partial charge in [-0.05, 0) is 55.7 Å². The number of fused-ring (bicyclic) bond motifs is 3. The Bertz CT molecular complexity index is 1560. The average Bonchev–Trinajstić information content (AvgIpc) is 3.02. The van der Waals surface area contributed by atoms with Crippen molar-refractivity contribution < 1.29 is 27.9 Å². The number of aliphatic carboxylic acids is 1. The molecule has 3 aromatic rings. The minimum atomic E-state index is -3.53. The van der Waals surface area contributed by atoms with E-state index in [1.165, 1.54) is 4.31 Å². The molecule has 210 valence electrons. The monoisotopic (exact) mass is 565 g/mol. The van der Waals surface area contributed by atoms with Crippen LogP contribution in [0.25, 0.3) is 0 Å². The van der Waals surface area contributed by atoms with E-state index >= 15 is 0 Å². The van der Waals surface area contributed by atoms with Gasteiger partial charge >= 0.3 is 5.97 Å². The molecule has 2 aromatic heterocycles. The number of benzene rings is 1. The van der Waals surface area contributed by atoms with Crippen LogP contribution in [0.15, 0.2) is 48.8 Å². The Kier molecular flexibility index (Phi) is 7.61. The molecule has 4 heterocycles. The second kappa shape index (κ2) is 11.1. The lowest BCUT2D eigenvalue weighted by molar-refractivity contribution is -0.137. The van der Waals surface area contributed by atoms with E-state index in [4.69, 9.17) is 9.84 Å². The van der Waals surface area contributed by atoms with Gasteiger partial charge in [0.05, 0.1) is 29.3 Å². The minimum Gasteiger partial charge on any atom is -0.493 e. The van der Waals surface area contributed by atoms with Gasteiger partial charge in [0.25, 0.3) is 5.91 Å². The van der Waals surface area contributed by atoms with Crippen LogP contribution >= 0.6 is 0 Å². The van der Waals surface area contributed by atoms with E-state index in [2.05, 4.69) is 9.97 Å². The van der Waals surface area contributed by atoms with Gasteiger partial charge in [0.15, 0.2) is 5.82 Å². The number of carbonyl (C=O) groups excluding carboxylic acids is 1. The van der Waals surface area contributed by atoms with Gasteiger partial charge in [-0.15, -0.1) is 0 Å². The Morgan fingerprint density at radius 1 is 1.12 bits per heavy atom. The summed E-state index contributed by atoms with van der Waals surface area (Å²) in [7, 11) is -1.80. The quantitative estimate of drug-likeness (QED) is 0.414. The highest BCUT2D eigenvalue weighted by Crippen LogP contribution is 2.38. The zero-order valence-corrected chi connectivity index (χ0v) is 23.2. The summed E-state index contributed by atoms with van der Waals surface area (Å²) in [4.78, 5) is 37.0. The molecule has 1 amide bonds. The summed E-state index contributed by atoms with van der Waals surface area (Å²) in [6.07, 6.45) is 4.34. The Hall–Kier alpha value is -4.19. The highest BCUT2D eigenvalue weighted by molar-refractivity contribution is 7.92. The fourth-order valence-electron chi connectivity index (χ4n) is 5.14. The Balaban J connectivity index is 1.34. The Morgan fingerprint density at radius 3 is 2.70 bits per heavy atom. The van der Waals surface area contributed by atoms with Gasteiger partial charge in [-0.25, -0.2) is 18.4 Å². The molecule has 0 fully saturated rings. The number of hydrogen-bond donors (Lipinski definition) is 1. The summed E-state index contributed by atoms with van der Waals surface area (Å²) in [6, 6.07) is 10.8. The van der Waals surface area contributed by atoms with Crippen molar-refractivity contribution in [2.75, 3.05) is 46.6 Å². The molecule has 0 unspecified atom stereocenters. The van der Waals surface area contributed by atoms with Crippen LogP contribution in [0.4, 0.5) is 23.0 Å². The molecule has 1 aromatic carbocycles. The van der Waals surface area contributed by atoms with E-state index in [-0.39, 0.29) is 31.0 Å². The fraction of sp³-hybridized carbons (Fsp3) is 0.357. The topological polar surface area (TPSA) is 133 Å². The normalized spacial score (nSPS) is 15.7. The lowest BCUT2D eigenvalue weighted by Gasteiger charge is -2.31. The lowest BCUT2D eigenvalue weighted by atomic mass is 10.1. The second-order valence-electron chi connectivity index (χ2n) is 9.66. The van der Waals surface area contributed by atoms with Crippen molar-refractivity contribution in [3.8, 4) is 5.75 Å². The Morgan fingerprint density at radius 2 is 1.93 bits per heavy atom. The number of nitrogens with zero attached hydrogens (tertiary/aromatic N) is 5. The maximum Gasteiger partial charge on any atom is 0.303 e. The number of carboxylic acids is 1. The van der Waals surface area contributed by atoms with E-state index in [1.807, 2.05) is 30.0 Å². The molecule has 0 radical (unpaired) electrons. The highest BCUT2D eigenvalue weighted by Gasteiger charge is 2.32. The van der Waals surface area contributed by atoms with E-state index < -0.39 is 16.0 Å². The summed E-state index contributed by atoms with van der Waals surface area (Å²) in [6.45, 7) is 2.98. The van der Waals surface area contributed by atoms with E-state index in [0.717, 1.165) is 11.1 Å². The minimum absolute atomic E-state index is 0.0665. The molecule has 12 heteroatoms. The number of hydrogen-bond acceptors (Lipinski definition) is 8. The number of pyridine rings is 2. The summed E-state index contributed by atoms with van der Waals surface area (Å²) < 4.78 is 32.9. The van der Waals surface area contributed by atoms with Crippen LogP contribution in [0, 0.1) is 0 Å². The van der Waals surface area contributed by atoms with Crippen LogP contribution in [0.5, 0.6) is 5.75 Å². The number of ether oxygens (including phenoxy) is 1. The maximum absolute atomic E-state index is 13.4. The molecule has 2 aliphatic heterocycles. The van der Waals surface area contributed by atoms with Crippen molar-refractivity contribution in [1.29, 1.82) is 0 Å². The third-order valence-electron chi connectivity index (χ3n) is 7.14. The predicted octanol–water partition coefficient (Wildman–Crippen LogP) is 3.40. The first-order valence-corrected chi connectivity index (χ1v) is 14.8. The molecular formula is C28H31N5O6S. The molecule has 5 rings (SSSR count). The largest absolute Gasteiger partial charge is 0.493 e. The molecule has 2 aliphatic rings. The summed E-state index contributed by atoms with van der Waals surface area (Å²) >= 11 is 0. The van der Waals surface area contributed by atoms with Crippen LogP contribution in [-0.2, 0) is 27.7 Å². The molecule has 0 spiro atoms. The van der Waals surface area contributed by atoms with Gasteiger partial charge in [0.2, 0.25) is 10.0 Å². The molecule has 0 saturated carbocycles. The smallest absolute Gasteiger partial charge is 0.303 e. The molecule has 40 heavy (non-hydrogen) atoms. The van der Waals surface area contributed by atoms with E-state index in [9.17, 15) is 18.0 Å². The summed E-state index contributed by atoms with van der Waals surface area (Å²) in [5.41, 5.74) is 3.35. The van der Waals surface area contributed by atoms with Crippen molar-refractivity contribution in [2.24, 2.45) is 0 Å². The first-order valence-electron chi connectivity index (χ1n) is 13.2. The molecule has 0 aliphatic carbocycles. The number of rotatable bonds is 9. The first-order chi connectivity index (χ1) is 19.2. The lowest BCUT2D eigenvalue weighted by Crippen LogP contribution is -2.38. The molecule has 1 N–H and O–H groups in total. The van der Waals surface area contributed by atoms with Crippen LogP contribution in [0.2, 0.25) is 0 Å². The number of aromatic nitrogens is 2. The van der Waals surface area contributed by atoms with Gasteiger partial charge in [-0.3, -0.25) is 13.9 Å². The third-order valence-corrected chi connectivity index (χ3v) is 8.91. The molecule has 11 nitrogen and oxygen atoms in total. The zero-order valence-electron chi connectivity index (χ0n) is 22.4. The predicted molar refractivity (Wildman–Crippen MR) is 151 cm³/mol. The van der Waals surface area contributed by atoms with Crippen molar-refractivity contribution in [3.63, 3.8) is 0 Å². The SMILES string of the molecule is CCN1c2ncc(CCOc3cccc4c3CCS(=O)(=O)N4CCCC(=O)O)cc2C(=O)N(C)c2cccnc21. The molecular weight excluding hydrogens is 534 g/mol. The van der Waals surface area contributed by atoms with E-state index in [0.29, 0.717) is 60.3 Å². The molecule has 0 atom stereocenters. The third kappa shape index (κ3) is 5.18. The number of anilines is 4. The van der Waals surface area contributed by atoms with Crippen molar-refractivity contribution >= 4 is 44.9 Å². The summed E-state index contributed by atoms with van der Waals surface area (Å²) in [5.74, 6) is 0.627. The van der Waals surface area contributed by atoms with Gasteiger partial charge < -0.3 is 19.6 Å². The van der Waals surface area contributed by atoms with Gasteiger partial charge in [0.1, 0.15) is 11.6 Å². The van der Waals surface area contributed by atoms with Crippen LogP contribution in [0.3, 0.4) is 0 Å². The number of sulfonamides is 1. The molecule has 0 saturated heterocycles. The van der Waals surface area contributed by atoms with Gasteiger partial charge in [0, 0.05) is 50.9 Å². The number of carbonyl (C=O) groups is 2. The van der Waals surface area contributed by atoms with Gasteiger partial charge in [-0.2, -0.15) is 0 Å². The number of carboxylic acid groups (broad SMARTS) is 1. The van der Waals surface area contributed by atoms with Crippen LogP contribution in [0.1, 0.15) is 41.3 Å². The maximum atomic E-state index is 13.4. The van der Waals surface area contributed by atoms with Crippen molar-refractivity contribution in [1.82, 2.24) is 9.97 Å². The van der Waals surface area contributed by atoms with E-state index in [1.54, 1.807) is 42.5 Å². The first kappa shape index (κ1) is 27.4. The highest BCUT2D eigenvalue weighted by atomic mass is 32.2. The molecule has 0 bridgehead atoms. The summed E-state index contributed by atoms with van der Waals surface area (Å²) in [5, 5.41) is 8.96. The second-order valence-corrected chi connectivity index (χ2v) is 11.7. The average molecular weight is 566 g/mol. The standard InChI is InChI=1S/C28H31N5O6S/c1-3-32-26-21(28(36)31(2)23-8-5-13-29-27(23)32)17-19(18-30-26)11-15-39-24-9-4-7-22-20(24)12-16-40(37,38)33(22)14-6-10-25(34)35/h4-5,7-9,13,17-18H,3,6,10-12,14-16H2,1-2H3,(H,34,35). The fourth-order valence-corrected chi connectivity index (χ4v) is 6.70. The van der Waals surface area contributed by atoms with Crippen molar-refractivity contribution in [2.45, 2.75) is 32.6 Å². The van der Waals surface area contributed by atoms with Crippen LogP contribution < -0.4 is 18.8 Å². The van der Waals surface area contributed by atoms with Gasteiger partial charge in [-0.1, -0.05) is 6.07 Å². The Labute approximate surface area is 233 Å². The zero-order chi connectivity index (χ0) is 28.4. The van der Waals surface area contributed by atoms with Crippen molar-refractivity contribution in [3.05, 3.63) is 65.5 Å².